The van der Waals surface area contributed by atoms with Crippen LogP contribution in [0.25, 0.3) is 11.1 Å². The topological polar surface area (TPSA) is 97.4 Å². The van der Waals surface area contributed by atoms with Gasteiger partial charge in [-0.05, 0) is 36.6 Å². The van der Waals surface area contributed by atoms with E-state index in [1.165, 1.54) is 10.6 Å². The van der Waals surface area contributed by atoms with Gasteiger partial charge in [-0.25, -0.2) is 9.18 Å². The van der Waals surface area contributed by atoms with E-state index in [2.05, 4.69) is 10.5 Å². The highest BCUT2D eigenvalue weighted by Gasteiger charge is 2.28. The van der Waals surface area contributed by atoms with Crippen LogP contribution in [-0.4, -0.2) is 39.5 Å². The number of carbonyl (C=O) groups is 2. The Hall–Kier alpha value is -3.75. The molecule has 2 heterocycles. The van der Waals surface area contributed by atoms with Crippen LogP contribution in [0, 0.1) is 11.7 Å². The maximum atomic E-state index is 14.1. The number of aromatic nitrogens is 2. The number of piperidine rings is 1. The molecular weight excluding hydrogens is 439 g/mol. The summed E-state index contributed by atoms with van der Waals surface area (Å²) >= 11 is 0. The summed E-state index contributed by atoms with van der Waals surface area (Å²) in [5, 5.41) is 6.67. The zero-order chi connectivity index (χ0) is 24.2. The number of benzene rings is 2. The fourth-order valence-corrected chi connectivity index (χ4v) is 4.17. The van der Waals surface area contributed by atoms with Gasteiger partial charge in [-0.3, -0.25) is 18.7 Å². The molecule has 0 unspecified atom stereocenters. The van der Waals surface area contributed by atoms with Crippen LogP contribution in [0.15, 0.2) is 57.8 Å². The number of likely N-dealkylation sites (tertiary alicyclic amines) is 1. The van der Waals surface area contributed by atoms with E-state index in [0.717, 1.165) is 0 Å². The number of halogens is 1. The van der Waals surface area contributed by atoms with E-state index < -0.39 is 5.76 Å². The van der Waals surface area contributed by atoms with E-state index in [1.54, 1.807) is 47.4 Å². The van der Waals surface area contributed by atoms with E-state index in [1.807, 2.05) is 13.8 Å². The standard InChI is InChI=1S/C25H27FN4O4/c1-16(2)23-28-34-25(33)30(23)15-22(31)29-12-10-17(11-13-29)24(32)27-19-7-5-6-18(14-19)20-8-3-4-9-21(20)26/h3-9,14,16-17H,10-13,15H2,1-2H3,(H,27,32). The molecule has 0 spiro atoms. The third-order valence-corrected chi connectivity index (χ3v) is 6.06. The van der Waals surface area contributed by atoms with E-state index in [4.69, 9.17) is 4.52 Å². The molecule has 2 amide bonds. The Balaban J connectivity index is 1.34. The second-order valence-electron chi connectivity index (χ2n) is 8.75. The first-order chi connectivity index (χ1) is 16.3. The molecule has 1 fully saturated rings. The normalized spacial score (nSPS) is 14.4. The fourth-order valence-electron chi connectivity index (χ4n) is 4.17. The fraction of sp³-hybridized carbons (Fsp3) is 0.360. The molecule has 1 saturated heterocycles. The number of rotatable bonds is 6. The quantitative estimate of drug-likeness (QED) is 0.598. The lowest BCUT2D eigenvalue weighted by Gasteiger charge is -2.31. The molecule has 4 rings (SSSR count). The zero-order valence-electron chi connectivity index (χ0n) is 19.2. The van der Waals surface area contributed by atoms with Gasteiger partial charge >= 0.3 is 5.76 Å². The number of hydrogen-bond donors (Lipinski definition) is 1. The van der Waals surface area contributed by atoms with Crippen molar-refractivity contribution in [2.45, 2.75) is 39.2 Å². The van der Waals surface area contributed by atoms with Gasteiger partial charge in [-0.2, -0.15) is 0 Å². The van der Waals surface area contributed by atoms with Crippen molar-refractivity contribution < 1.29 is 18.5 Å². The predicted molar refractivity (Wildman–Crippen MR) is 125 cm³/mol. The van der Waals surface area contributed by atoms with Gasteiger partial charge in [0.15, 0.2) is 5.82 Å². The van der Waals surface area contributed by atoms with Crippen molar-refractivity contribution in [3.63, 3.8) is 0 Å². The minimum absolute atomic E-state index is 0.0504. The summed E-state index contributed by atoms with van der Waals surface area (Å²) < 4.78 is 20.1. The third kappa shape index (κ3) is 5.08. The van der Waals surface area contributed by atoms with Crippen molar-refractivity contribution in [2.24, 2.45) is 5.92 Å². The Kier molecular flexibility index (Phi) is 6.90. The zero-order valence-corrected chi connectivity index (χ0v) is 19.2. The van der Waals surface area contributed by atoms with Crippen LogP contribution in [0.1, 0.15) is 38.4 Å². The van der Waals surface area contributed by atoms with Crippen LogP contribution in [0.3, 0.4) is 0 Å². The highest BCUT2D eigenvalue weighted by atomic mass is 19.1. The Bertz CT molecular complexity index is 1240. The average molecular weight is 467 g/mol. The smallest absolute Gasteiger partial charge is 0.341 e. The summed E-state index contributed by atoms with van der Waals surface area (Å²) in [6.45, 7) is 4.45. The second kappa shape index (κ2) is 10.0. The van der Waals surface area contributed by atoms with Crippen LogP contribution in [0.4, 0.5) is 10.1 Å². The van der Waals surface area contributed by atoms with Crippen molar-refractivity contribution in [3.8, 4) is 11.1 Å². The highest BCUT2D eigenvalue weighted by Crippen LogP contribution is 2.26. The van der Waals surface area contributed by atoms with Crippen molar-refractivity contribution in [1.29, 1.82) is 0 Å². The summed E-state index contributed by atoms with van der Waals surface area (Å²) in [5.74, 6) is -1.17. The van der Waals surface area contributed by atoms with E-state index in [9.17, 15) is 18.8 Å². The molecule has 8 nitrogen and oxygen atoms in total. The molecule has 0 bridgehead atoms. The van der Waals surface area contributed by atoms with Gasteiger partial charge in [0.2, 0.25) is 11.8 Å². The molecule has 0 atom stereocenters. The van der Waals surface area contributed by atoms with Crippen molar-refractivity contribution >= 4 is 17.5 Å². The first-order valence-electron chi connectivity index (χ1n) is 11.3. The third-order valence-electron chi connectivity index (χ3n) is 6.06. The van der Waals surface area contributed by atoms with Gasteiger partial charge in [-0.15, -0.1) is 0 Å². The number of nitrogens with zero attached hydrogens (tertiary/aromatic N) is 3. The van der Waals surface area contributed by atoms with E-state index in [0.29, 0.717) is 48.6 Å². The number of anilines is 1. The van der Waals surface area contributed by atoms with Crippen LogP contribution in [0.5, 0.6) is 0 Å². The van der Waals surface area contributed by atoms with Crippen LogP contribution >= 0.6 is 0 Å². The van der Waals surface area contributed by atoms with Crippen molar-refractivity contribution in [2.75, 3.05) is 18.4 Å². The number of amides is 2. The summed E-state index contributed by atoms with van der Waals surface area (Å²) in [5.41, 5.74) is 1.75. The van der Waals surface area contributed by atoms with Crippen molar-refractivity contribution in [3.05, 3.63) is 70.7 Å². The molecule has 9 heteroatoms. The molecule has 178 valence electrons. The van der Waals surface area contributed by atoms with Gasteiger partial charge in [0.25, 0.3) is 0 Å². The monoisotopic (exact) mass is 466 g/mol. The molecule has 0 aliphatic carbocycles. The molecule has 34 heavy (non-hydrogen) atoms. The number of hydrogen-bond acceptors (Lipinski definition) is 5. The maximum Gasteiger partial charge on any atom is 0.442 e. The largest absolute Gasteiger partial charge is 0.442 e. The van der Waals surface area contributed by atoms with E-state index in [-0.39, 0.29) is 36.0 Å². The Labute approximate surface area is 196 Å². The first kappa shape index (κ1) is 23.4. The lowest BCUT2D eigenvalue weighted by Crippen LogP contribution is -2.43. The molecule has 3 aromatic rings. The second-order valence-corrected chi connectivity index (χ2v) is 8.75. The Morgan fingerprint density at radius 2 is 1.88 bits per heavy atom. The summed E-state index contributed by atoms with van der Waals surface area (Å²) in [6.07, 6.45) is 1.03. The molecule has 1 N–H and O–H groups in total. The summed E-state index contributed by atoms with van der Waals surface area (Å²) in [6, 6.07) is 13.6. The molecule has 0 radical (unpaired) electrons. The van der Waals surface area contributed by atoms with Gasteiger partial charge < -0.3 is 10.2 Å². The SMILES string of the molecule is CC(C)c1noc(=O)n1CC(=O)N1CCC(C(=O)Nc2cccc(-c3ccccc3F)c2)CC1. The van der Waals surface area contributed by atoms with E-state index >= 15 is 0 Å². The minimum atomic E-state index is -0.649. The number of carbonyl (C=O) groups excluding carboxylic acids is 2. The molecule has 2 aromatic carbocycles. The van der Waals surface area contributed by atoms with Gasteiger partial charge in [0, 0.05) is 36.2 Å². The maximum absolute atomic E-state index is 14.1. The van der Waals surface area contributed by atoms with Gasteiger partial charge in [0.05, 0.1) is 0 Å². The average Bonchev–Trinajstić information content (AvgIpc) is 3.20. The lowest BCUT2D eigenvalue weighted by molar-refractivity contribution is -0.135. The van der Waals surface area contributed by atoms with Crippen LogP contribution in [-0.2, 0) is 16.1 Å². The Morgan fingerprint density at radius 1 is 1.15 bits per heavy atom. The number of nitrogens with one attached hydrogen (secondary N) is 1. The summed E-state index contributed by atoms with van der Waals surface area (Å²) in [7, 11) is 0. The Morgan fingerprint density at radius 3 is 2.59 bits per heavy atom. The molecule has 1 aliphatic heterocycles. The molecular formula is C25H27FN4O4. The van der Waals surface area contributed by atoms with Gasteiger partial charge in [0.1, 0.15) is 12.4 Å². The highest BCUT2D eigenvalue weighted by molar-refractivity contribution is 5.93. The molecule has 1 aromatic heterocycles. The minimum Gasteiger partial charge on any atom is -0.341 e. The first-order valence-corrected chi connectivity index (χ1v) is 11.3. The van der Waals surface area contributed by atoms with Crippen LogP contribution in [0.2, 0.25) is 0 Å². The molecule has 1 aliphatic rings. The van der Waals surface area contributed by atoms with Crippen LogP contribution < -0.4 is 11.1 Å². The lowest BCUT2D eigenvalue weighted by atomic mass is 9.95. The molecule has 0 saturated carbocycles. The van der Waals surface area contributed by atoms with Crippen molar-refractivity contribution in [1.82, 2.24) is 14.6 Å². The van der Waals surface area contributed by atoms with Gasteiger partial charge in [-0.1, -0.05) is 49.3 Å². The summed E-state index contributed by atoms with van der Waals surface area (Å²) in [4.78, 5) is 39.1. The predicted octanol–water partition coefficient (Wildman–Crippen LogP) is 3.64.